The molecule has 3 amide bonds. The van der Waals surface area contributed by atoms with Gasteiger partial charge >= 0.3 is 6.03 Å². The number of hydrogen-bond donors (Lipinski definition) is 4. The zero-order chi connectivity index (χ0) is 23.6. The Morgan fingerprint density at radius 3 is 2.73 bits per heavy atom. The van der Waals surface area contributed by atoms with Crippen LogP contribution in [0.2, 0.25) is 0 Å². The third-order valence-electron chi connectivity index (χ3n) is 5.79. The average Bonchev–Trinajstić information content (AvgIpc) is 3.30. The fourth-order valence-electron chi connectivity index (χ4n) is 3.91. The number of amides is 3. The summed E-state index contributed by atoms with van der Waals surface area (Å²) in [7, 11) is 1.78. The van der Waals surface area contributed by atoms with Crippen LogP contribution in [0.5, 0.6) is 0 Å². The minimum absolute atomic E-state index is 0.0894. The molecule has 0 radical (unpaired) electrons. The highest BCUT2D eigenvalue weighted by molar-refractivity contribution is 5.94. The van der Waals surface area contributed by atoms with Crippen LogP contribution in [0.4, 0.5) is 9.18 Å². The summed E-state index contributed by atoms with van der Waals surface area (Å²) in [6.45, 7) is 3.64. The molecule has 1 fully saturated rings. The second-order valence-corrected chi connectivity index (χ2v) is 8.51. The van der Waals surface area contributed by atoms with Gasteiger partial charge in [-0.3, -0.25) is 15.6 Å². The van der Waals surface area contributed by atoms with E-state index >= 15 is 0 Å². The number of hydrazine groups is 1. The lowest BCUT2D eigenvalue weighted by Crippen LogP contribution is -2.38. The molecule has 0 aliphatic carbocycles. The zero-order valence-electron chi connectivity index (χ0n) is 19.4. The average molecular weight is 456 g/mol. The molecule has 178 valence electrons. The number of nitrogens with one attached hydrogen (secondary N) is 4. The van der Waals surface area contributed by atoms with E-state index in [4.69, 9.17) is 0 Å². The number of rotatable bonds is 10. The van der Waals surface area contributed by atoms with E-state index in [9.17, 15) is 14.0 Å². The second kappa shape index (κ2) is 12.3. The Bertz CT molecular complexity index is 939. The van der Waals surface area contributed by atoms with Crippen molar-refractivity contribution in [3.05, 3.63) is 71.0 Å². The molecular formula is C25H34FN5O2. The van der Waals surface area contributed by atoms with Gasteiger partial charge in [0, 0.05) is 44.3 Å². The third-order valence-corrected chi connectivity index (χ3v) is 5.79. The highest BCUT2D eigenvalue weighted by Gasteiger charge is 2.25. The van der Waals surface area contributed by atoms with Gasteiger partial charge in [-0.15, -0.1) is 0 Å². The van der Waals surface area contributed by atoms with Crippen molar-refractivity contribution in [2.75, 3.05) is 20.1 Å². The third kappa shape index (κ3) is 7.54. The van der Waals surface area contributed by atoms with Crippen molar-refractivity contribution in [3.8, 4) is 0 Å². The minimum atomic E-state index is -0.225. The number of benzene rings is 2. The quantitative estimate of drug-likeness (QED) is 0.442. The molecule has 1 saturated heterocycles. The predicted molar refractivity (Wildman–Crippen MR) is 127 cm³/mol. The molecule has 7 nitrogen and oxygen atoms in total. The largest absolute Gasteiger partial charge is 0.352 e. The Morgan fingerprint density at radius 1 is 1.12 bits per heavy atom. The minimum Gasteiger partial charge on any atom is -0.352 e. The van der Waals surface area contributed by atoms with Crippen LogP contribution in [0.3, 0.4) is 0 Å². The van der Waals surface area contributed by atoms with Crippen molar-refractivity contribution >= 4 is 11.9 Å². The van der Waals surface area contributed by atoms with Gasteiger partial charge in [-0.05, 0) is 61.1 Å². The number of nitrogens with zero attached hydrogens (tertiary/aromatic N) is 1. The fourth-order valence-corrected chi connectivity index (χ4v) is 3.91. The summed E-state index contributed by atoms with van der Waals surface area (Å²) in [6, 6.07) is 14.2. The normalized spacial score (nSPS) is 17.5. The van der Waals surface area contributed by atoms with E-state index in [0.717, 1.165) is 36.8 Å². The highest BCUT2D eigenvalue weighted by atomic mass is 19.1. The molecule has 2 atom stereocenters. The van der Waals surface area contributed by atoms with Gasteiger partial charge in [0.25, 0.3) is 5.91 Å². The Labute approximate surface area is 195 Å². The number of urea groups is 1. The first-order chi connectivity index (χ1) is 16.0. The first-order valence-electron chi connectivity index (χ1n) is 11.6. The van der Waals surface area contributed by atoms with E-state index in [1.54, 1.807) is 36.2 Å². The van der Waals surface area contributed by atoms with E-state index in [1.807, 2.05) is 25.1 Å². The standard InChI is InChI=1S/C25H34FN5O2/c1-3-12-27-24(32)20-9-4-7-18(14-20)17-28-25(33)31(2)13-6-11-22-16-23(30-29-22)19-8-5-10-21(26)15-19/h4-5,7-10,14-15,22-23,29-30H,3,6,11-13,16-17H2,1-2H3,(H,27,32)(H,28,33). The lowest BCUT2D eigenvalue weighted by Gasteiger charge is -2.19. The number of hydrogen-bond acceptors (Lipinski definition) is 4. The van der Waals surface area contributed by atoms with E-state index in [0.29, 0.717) is 25.2 Å². The van der Waals surface area contributed by atoms with Gasteiger partial charge in [0.2, 0.25) is 0 Å². The maximum atomic E-state index is 13.4. The molecule has 0 saturated carbocycles. The van der Waals surface area contributed by atoms with Crippen molar-refractivity contribution in [3.63, 3.8) is 0 Å². The monoisotopic (exact) mass is 455 g/mol. The van der Waals surface area contributed by atoms with Crippen LogP contribution < -0.4 is 21.5 Å². The van der Waals surface area contributed by atoms with Crippen LogP contribution in [-0.4, -0.2) is 43.0 Å². The van der Waals surface area contributed by atoms with Crippen molar-refractivity contribution in [1.82, 2.24) is 26.4 Å². The second-order valence-electron chi connectivity index (χ2n) is 8.51. The van der Waals surface area contributed by atoms with Crippen molar-refractivity contribution in [2.45, 2.75) is 51.2 Å². The zero-order valence-corrected chi connectivity index (χ0v) is 19.4. The van der Waals surface area contributed by atoms with Crippen LogP contribution in [0.25, 0.3) is 0 Å². The predicted octanol–water partition coefficient (Wildman–Crippen LogP) is 3.49. The summed E-state index contributed by atoms with van der Waals surface area (Å²) in [6.07, 6.45) is 3.52. The molecule has 1 heterocycles. The molecule has 2 aromatic carbocycles. The molecule has 3 rings (SSSR count). The Balaban J connectivity index is 1.37. The van der Waals surface area contributed by atoms with E-state index in [1.165, 1.54) is 6.07 Å². The van der Waals surface area contributed by atoms with Gasteiger partial charge in [0.05, 0.1) is 0 Å². The first-order valence-corrected chi connectivity index (χ1v) is 11.6. The first kappa shape index (κ1) is 24.7. The molecule has 0 spiro atoms. The molecule has 1 aliphatic heterocycles. The van der Waals surface area contributed by atoms with Gasteiger partial charge < -0.3 is 15.5 Å². The molecule has 2 aromatic rings. The molecule has 0 bridgehead atoms. The van der Waals surface area contributed by atoms with Crippen LogP contribution >= 0.6 is 0 Å². The summed E-state index contributed by atoms with van der Waals surface area (Å²) in [4.78, 5) is 26.2. The Hall–Kier alpha value is -2.97. The number of carbonyl (C=O) groups is 2. The summed E-state index contributed by atoms with van der Waals surface area (Å²) < 4.78 is 13.4. The highest BCUT2D eigenvalue weighted by Crippen LogP contribution is 2.24. The van der Waals surface area contributed by atoms with E-state index in [2.05, 4.69) is 21.5 Å². The van der Waals surface area contributed by atoms with Crippen LogP contribution in [-0.2, 0) is 6.54 Å². The summed E-state index contributed by atoms with van der Waals surface area (Å²) in [5.74, 6) is -0.325. The van der Waals surface area contributed by atoms with Crippen molar-refractivity contribution in [1.29, 1.82) is 0 Å². The van der Waals surface area contributed by atoms with E-state index < -0.39 is 0 Å². The fraction of sp³-hybridized carbons (Fsp3) is 0.440. The Kier molecular flexibility index (Phi) is 9.21. The lowest BCUT2D eigenvalue weighted by atomic mass is 9.99. The number of halogens is 1. The topological polar surface area (TPSA) is 85.5 Å². The SMILES string of the molecule is CCCNC(=O)c1cccc(CNC(=O)N(C)CCCC2CC(c3cccc(F)c3)NN2)c1. The molecule has 0 aromatic heterocycles. The molecule has 33 heavy (non-hydrogen) atoms. The molecule has 1 aliphatic rings. The summed E-state index contributed by atoms with van der Waals surface area (Å²) in [5, 5.41) is 5.77. The van der Waals surface area contributed by atoms with E-state index in [-0.39, 0.29) is 29.8 Å². The van der Waals surface area contributed by atoms with Gasteiger partial charge in [-0.2, -0.15) is 0 Å². The molecule has 8 heteroatoms. The van der Waals surface area contributed by atoms with Crippen molar-refractivity contribution < 1.29 is 14.0 Å². The maximum Gasteiger partial charge on any atom is 0.317 e. The lowest BCUT2D eigenvalue weighted by molar-refractivity contribution is 0.0953. The van der Waals surface area contributed by atoms with Crippen LogP contribution in [0.1, 0.15) is 60.1 Å². The van der Waals surface area contributed by atoms with Crippen molar-refractivity contribution in [2.24, 2.45) is 0 Å². The smallest absolute Gasteiger partial charge is 0.317 e. The van der Waals surface area contributed by atoms with Gasteiger partial charge in [0.1, 0.15) is 5.82 Å². The molecular weight excluding hydrogens is 421 g/mol. The van der Waals surface area contributed by atoms with Gasteiger partial charge in [-0.25, -0.2) is 9.18 Å². The number of carbonyl (C=O) groups excluding carboxylic acids is 2. The summed E-state index contributed by atoms with van der Waals surface area (Å²) in [5.41, 5.74) is 8.93. The van der Waals surface area contributed by atoms with Crippen LogP contribution in [0.15, 0.2) is 48.5 Å². The summed E-state index contributed by atoms with van der Waals surface area (Å²) >= 11 is 0. The van der Waals surface area contributed by atoms with Crippen LogP contribution in [0, 0.1) is 5.82 Å². The van der Waals surface area contributed by atoms with Gasteiger partial charge in [-0.1, -0.05) is 31.2 Å². The maximum absolute atomic E-state index is 13.4. The molecule has 2 unspecified atom stereocenters. The molecule has 4 N–H and O–H groups in total. The Morgan fingerprint density at radius 2 is 1.94 bits per heavy atom. The van der Waals surface area contributed by atoms with Gasteiger partial charge in [0.15, 0.2) is 0 Å².